The normalized spacial score (nSPS) is 22.4. The third-order valence-corrected chi connectivity index (χ3v) is 8.30. The highest BCUT2D eigenvalue weighted by Crippen LogP contribution is 2.42. The number of hydrogen-bond acceptors (Lipinski definition) is 4. The second-order valence-electron chi connectivity index (χ2n) is 10.0. The van der Waals surface area contributed by atoms with E-state index in [1.54, 1.807) is 6.07 Å². The van der Waals surface area contributed by atoms with Crippen LogP contribution in [0, 0.1) is 0 Å². The minimum Gasteiger partial charge on any atom is -0.480 e. The summed E-state index contributed by atoms with van der Waals surface area (Å²) in [4.78, 5) is 20.1. The average molecular weight is 554 g/mol. The Bertz CT molecular complexity index is 1230. The highest BCUT2D eigenvalue weighted by atomic mass is 35.5. The third kappa shape index (κ3) is 5.53. The number of benzene rings is 1. The molecule has 5 nitrogen and oxygen atoms in total. The number of hydrogen-bond donors (Lipinski definition) is 1. The van der Waals surface area contributed by atoms with Gasteiger partial charge in [0.05, 0.1) is 5.02 Å². The Morgan fingerprint density at radius 3 is 2.70 bits per heavy atom. The Kier molecular flexibility index (Phi) is 7.56. The molecular weight excluding hydrogens is 526 g/mol. The Hall–Kier alpha value is -2.13. The topological polar surface area (TPSA) is 56.7 Å². The average Bonchev–Trinajstić information content (AvgIpc) is 3.45. The third-order valence-electron chi connectivity index (χ3n) is 7.76. The van der Waals surface area contributed by atoms with Gasteiger partial charge in [-0.15, -0.1) is 0 Å². The van der Waals surface area contributed by atoms with Crippen LogP contribution >= 0.6 is 23.2 Å². The maximum Gasteiger partial charge on any atom is 0.434 e. The van der Waals surface area contributed by atoms with Gasteiger partial charge in [0, 0.05) is 29.8 Å². The SMILES string of the molecule is O=C(O)C1CCCN1CC1C2=C(CCN1CCCc1ccc(Cl)c(C(F)(F)F)n1)c1cc(Cl)ccc1C2. The van der Waals surface area contributed by atoms with Crippen LogP contribution in [0.5, 0.6) is 0 Å². The Morgan fingerprint density at radius 1 is 1.14 bits per heavy atom. The molecule has 37 heavy (non-hydrogen) atoms. The first kappa shape index (κ1) is 26.5. The van der Waals surface area contributed by atoms with E-state index in [2.05, 4.69) is 20.9 Å². The molecule has 1 fully saturated rings. The minimum absolute atomic E-state index is 0.0405. The molecule has 2 unspecified atom stereocenters. The zero-order valence-electron chi connectivity index (χ0n) is 20.2. The summed E-state index contributed by atoms with van der Waals surface area (Å²) in [6.07, 6.45) is -0.395. The summed E-state index contributed by atoms with van der Waals surface area (Å²) >= 11 is 12.0. The fourth-order valence-electron chi connectivity index (χ4n) is 6.04. The van der Waals surface area contributed by atoms with Gasteiger partial charge in [0.15, 0.2) is 5.69 Å². The van der Waals surface area contributed by atoms with Gasteiger partial charge in [-0.25, -0.2) is 4.98 Å². The molecule has 2 aromatic rings. The van der Waals surface area contributed by atoms with Crippen molar-refractivity contribution >= 4 is 34.7 Å². The van der Waals surface area contributed by atoms with E-state index in [9.17, 15) is 23.1 Å². The lowest BCUT2D eigenvalue weighted by Crippen LogP contribution is -2.50. The largest absolute Gasteiger partial charge is 0.480 e. The highest BCUT2D eigenvalue weighted by Gasteiger charge is 2.39. The standard InChI is InChI=1S/C27H28Cl2F3N3O2/c28-17-6-5-16-13-21-19(20(16)14-17)9-12-34(24(21)15-35-11-2-4-23(35)26(36)37)10-1-3-18-7-8-22(29)25(33-18)27(30,31)32/h5-8,14,23-24H,1-4,9-13,15H2,(H,36,37). The van der Waals surface area contributed by atoms with E-state index in [-0.39, 0.29) is 6.04 Å². The molecule has 0 bridgehead atoms. The van der Waals surface area contributed by atoms with Crippen molar-refractivity contribution in [3.63, 3.8) is 0 Å². The zero-order valence-corrected chi connectivity index (χ0v) is 21.7. The number of pyridine rings is 1. The second kappa shape index (κ2) is 10.6. The van der Waals surface area contributed by atoms with Crippen LogP contribution in [-0.2, 0) is 23.8 Å². The molecule has 198 valence electrons. The van der Waals surface area contributed by atoms with Crippen molar-refractivity contribution in [1.82, 2.24) is 14.8 Å². The Balaban J connectivity index is 1.35. The number of aliphatic carboxylic acids is 1. The number of aryl methyl sites for hydroxylation is 1. The molecule has 0 amide bonds. The summed E-state index contributed by atoms with van der Waals surface area (Å²) in [5.41, 5.74) is 4.35. The minimum atomic E-state index is -4.59. The lowest BCUT2D eigenvalue weighted by atomic mass is 9.92. The molecule has 1 aliphatic carbocycles. The first-order chi connectivity index (χ1) is 17.6. The van der Waals surface area contributed by atoms with E-state index in [0.29, 0.717) is 43.1 Å². The highest BCUT2D eigenvalue weighted by molar-refractivity contribution is 6.31. The smallest absolute Gasteiger partial charge is 0.434 e. The van der Waals surface area contributed by atoms with Gasteiger partial charge in [-0.05, 0) is 98.2 Å². The van der Waals surface area contributed by atoms with Crippen molar-refractivity contribution in [3.05, 3.63) is 68.5 Å². The number of carboxylic acid groups (broad SMARTS) is 1. The number of carbonyl (C=O) groups is 1. The summed E-state index contributed by atoms with van der Waals surface area (Å²) in [5.74, 6) is -0.787. The van der Waals surface area contributed by atoms with Crippen LogP contribution in [0.4, 0.5) is 13.2 Å². The summed E-state index contributed by atoms with van der Waals surface area (Å²) in [6.45, 7) is 2.84. The van der Waals surface area contributed by atoms with Gasteiger partial charge in [0.25, 0.3) is 0 Å². The molecule has 3 heterocycles. The lowest BCUT2D eigenvalue weighted by molar-refractivity contribution is -0.142. The second-order valence-corrected chi connectivity index (χ2v) is 10.9. The van der Waals surface area contributed by atoms with Gasteiger partial charge < -0.3 is 5.11 Å². The van der Waals surface area contributed by atoms with Crippen molar-refractivity contribution in [2.45, 2.75) is 56.8 Å². The molecule has 5 rings (SSSR count). The van der Waals surface area contributed by atoms with Crippen molar-refractivity contribution in [2.24, 2.45) is 0 Å². The van der Waals surface area contributed by atoms with Crippen LogP contribution < -0.4 is 0 Å². The summed E-state index contributed by atoms with van der Waals surface area (Å²) < 4.78 is 39.7. The molecule has 0 saturated carbocycles. The maximum atomic E-state index is 13.2. The number of likely N-dealkylation sites (tertiary alicyclic amines) is 1. The number of fused-ring (bicyclic) bond motifs is 2. The summed E-state index contributed by atoms with van der Waals surface area (Å²) in [5, 5.41) is 10.0. The van der Waals surface area contributed by atoms with Crippen LogP contribution in [0.1, 0.15) is 48.2 Å². The first-order valence-electron chi connectivity index (χ1n) is 12.6. The van der Waals surface area contributed by atoms with E-state index in [4.69, 9.17) is 23.2 Å². The van der Waals surface area contributed by atoms with Crippen LogP contribution in [-0.4, -0.2) is 64.1 Å². The van der Waals surface area contributed by atoms with Gasteiger partial charge in [0.2, 0.25) is 0 Å². The fourth-order valence-corrected chi connectivity index (χ4v) is 6.42. The van der Waals surface area contributed by atoms with Gasteiger partial charge in [0.1, 0.15) is 6.04 Å². The quantitative estimate of drug-likeness (QED) is 0.457. The van der Waals surface area contributed by atoms with Gasteiger partial charge in [-0.2, -0.15) is 13.2 Å². The van der Waals surface area contributed by atoms with Crippen LogP contribution in [0.3, 0.4) is 0 Å². The van der Waals surface area contributed by atoms with E-state index in [0.717, 1.165) is 32.4 Å². The van der Waals surface area contributed by atoms with Crippen molar-refractivity contribution < 1.29 is 23.1 Å². The molecule has 2 aliphatic heterocycles. The molecular formula is C27H28Cl2F3N3O2. The number of carboxylic acids is 1. The van der Waals surface area contributed by atoms with Crippen molar-refractivity contribution in [1.29, 1.82) is 0 Å². The molecule has 10 heteroatoms. The van der Waals surface area contributed by atoms with Gasteiger partial charge in [-0.3, -0.25) is 14.6 Å². The number of nitrogens with zero attached hydrogens (tertiary/aromatic N) is 3. The first-order valence-corrected chi connectivity index (χ1v) is 13.3. The zero-order chi connectivity index (χ0) is 26.3. The van der Waals surface area contributed by atoms with E-state index >= 15 is 0 Å². The number of rotatable bonds is 7. The predicted octanol–water partition coefficient (Wildman–Crippen LogP) is 5.97. The van der Waals surface area contributed by atoms with Gasteiger partial charge >= 0.3 is 12.1 Å². The van der Waals surface area contributed by atoms with Crippen molar-refractivity contribution in [3.8, 4) is 0 Å². The molecule has 3 aliphatic rings. The van der Waals surface area contributed by atoms with Crippen LogP contribution in [0.25, 0.3) is 5.57 Å². The van der Waals surface area contributed by atoms with Crippen LogP contribution in [0.15, 0.2) is 35.9 Å². The molecule has 2 atom stereocenters. The lowest BCUT2D eigenvalue weighted by Gasteiger charge is -2.40. The molecule has 1 aromatic carbocycles. The van der Waals surface area contributed by atoms with Crippen molar-refractivity contribution in [2.75, 3.05) is 26.2 Å². The van der Waals surface area contributed by atoms with E-state index in [1.807, 2.05) is 12.1 Å². The van der Waals surface area contributed by atoms with E-state index in [1.165, 1.54) is 28.3 Å². The number of halogens is 5. The monoisotopic (exact) mass is 553 g/mol. The number of alkyl halides is 3. The Labute approximate surface area is 223 Å². The van der Waals surface area contributed by atoms with Gasteiger partial charge in [-0.1, -0.05) is 29.3 Å². The fraction of sp³-hybridized carbons (Fsp3) is 0.481. The molecule has 1 N–H and O–H groups in total. The number of aromatic nitrogens is 1. The molecule has 1 aromatic heterocycles. The molecule has 0 radical (unpaired) electrons. The summed E-state index contributed by atoms with van der Waals surface area (Å²) in [6, 6.07) is 8.35. The Morgan fingerprint density at radius 2 is 1.95 bits per heavy atom. The predicted molar refractivity (Wildman–Crippen MR) is 137 cm³/mol. The molecule has 1 saturated heterocycles. The maximum absolute atomic E-state index is 13.2. The summed E-state index contributed by atoms with van der Waals surface area (Å²) in [7, 11) is 0. The van der Waals surface area contributed by atoms with E-state index < -0.39 is 28.9 Å². The molecule has 0 spiro atoms. The van der Waals surface area contributed by atoms with Crippen LogP contribution in [0.2, 0.25) is 10.0 Å².